The molecule has 0 bridgehead atoms. The van der Waals surface area contributed by atoms with Gasteiger partial charge in [-0.25, -0.2) is 0 Å². The van der Waals surface area contributed by atoms with Gasteiger partial charge in [-0.1, -0.05) is 0 Å². The highest BCUT2D eigenvalue weighted by atomic mass is 19.4. The summed E-state index contributed by atoms with van der Waals surface area (Å²) in [6, 6.07) is 0. The van der Waals surface area contributed by atoms with Gasteiger partial charge >= 0.3 is 12.4 Å². The lowest BCUT2D eigenvalue weighted by Gasteiger charge is -2.16. The third-order valence-electron chi connectivity index (χ3n) is 1.45. The van der Waals surface area contributed by atoms with E-state index >= 15 is 0 Å². The highest BCUT2D eigenvalue weighted by Gasteiger charge is 2.55. The lowest BCUT2D eigenvalue weighted by Crippen LogP contribution is -2.41. The van der Waals surface area contributed by atoms with Crippen LogP contribution in [0.5, 0.6) is 0 Å². The zero-order valence-corrected chi connectivity index (χ0v) is 7.53. The van der Waals surface area contributed by atoms with Crippen molar-refractivity contribution in [3.63, 3.8) is 0 Å². The number of alkyl halides is 6. The summed E-state index contributed by atoms with van der Waals surface area (Å²) in [7, 11) is 0. The van der Waals surface area contributed by atoms with Gasteiger partial charge in [-0.3, -0.25) is 0 Å². The quantitative estimate of drug-likeness (QED) is 0.658. The van der Waals surface area contributed by atoms with Crippen LogP contribution in [0.1, 0.15) is 12.8 Å². The first kappa shape index (κ1) is 14.5. The first-order valence-corrected chi connectivity index (χ1v) is 4.05. The van der Waals surface area contributed by atoms with Gasteiger partial charge in [-0.05, 0) is 12.8 Å². The number of hydrogen-bond acceptors (Lipinski definition) is 2. The van der Waals surface area contributed by atoms with E-state index in [1.54, 1.807) is 0 Å². The van der Waals surface area contributed by atoms with Crippen molar-refractivity contribution >= 4 is 0 Å². The summed E-state index contributed by atoms with van der Waals surface area (Å²) in [5.74, 6) is 0. The van der Waals surface area contributed by atoms with Crippen LogP contribution in [0.4, 0.5) is 26.3 Å². The van der Waals surface area contributed by atoms with Crippen LogP contribution < -0.4 is 0 Å². The van der Waals surface area contributed by atoms with Crippen LogP contribution in [0, 0.1) is 0 Å². The molecule has 0 amide bonds. The fraction of sp³-hybridized carbons (Fsp3) is 1.00. The van der Waals surface area contributed by atoms with Crippen molar-refractivity contribution in [2.75, 3.05) is 13.2 Å². The first-order chi connectivity index (χ1) is 6.65. The van der Waals surface area contributed by atoms with Gasteiger partial charge in [-0.15, -0.1) is 0 Å². The third-order valence-corrected chi connectivity index (χ3v) is 1.45. The van der Waals surface area contributed by atoms with E-state index in [2.05, 4.69) is 0 Å². The molecule has 8 heteroatoms. The van der Waals surface area contributed by atoms with Crippen molar-refractivity contribution in [3.05, 3.63) is 0 Å². The zero-order valence-electron chi connectivity index (χ0n) is 7.53. The number of aliphatic hydroxyl groups excluding tert-OH is 1. The minimum absolute atomic E-state index is 1.00. The molecule has 15 heavy (non-hydrogen) atoms. The molecular formula is C7H10F6O2. The van der Waals surface area contributed by atoms with E-state index in [-0.39, 0.29) is 0 Å². The lowest BCUT2D eigenvalue weighted by atomic mass is 10.3. The summed E-state index contributed by atoms with van der Waals surface area (Å²) in [5.41, 5.74) is 0. The Labute approximate surface area is 81.8 Å². The van der Waals surface area contributed by atoms with E-state index in [1.807, 2.05) is 0 Å². The summed E-state index contributed by atoms with van der Waals surface area (Å²) in [5, 5.41) is 7.47. The number of aliphatic hydroxyl groups is 1. The Bertz CT molecular complexity index is 150. The minimum Gasteiger partial charge on any atom is -0.381 e. The second kappa shape index (κ2) is 5.55. The Morgan fingerprint density at radius 2 is 1.20 bits per heavy atom. The maximum Gasteiger partial charge on any atom is 0.423 e. The van der Waals surface area contributed by atoms with Crippen molar-refractivity contribution in [2.45, 2.75) is 31.3 Å². The van der Waals surface area contributed by atoms with Gasteiger partial charge in [0.05, 0.1) is 0 Å². The standard InChI is InChI=1S/C4H8O.C3H2F6O/c1-2-4-5-3-1;4-2(5,6)1(10)3(7,8)9/h1-4H2;1,10H. The summed E-state index contributed by atoms with van der Waals surface area (Å²) in [6.45, 7) is 2.00. The fourth-order valence-corrected chi connectivity index (χ4v) is 0.696. The second-order valence-electron chi connectivity index (χ2n) is 2.81. The largest absolute Gasteiger partial charge is 0.423 e. The maximum atomic E-state index is 11.0. The molecule has 1 N–H and O–H groups in total. The molecule has 0 saturated carbocycles. The average molecular weight is 240 g/mol. The minimum atomic E-state index is -5.63. The van der Waals surface area contributed by atoms with Crippen LogP contribution in [0.2, 0.25) is 0 Å². The number of rotatable bonds is 0. The Balaban J connectivity index is 0.000000322. The molecule has 1 heterocycles. The van der Waals surface area contributed by atoms with Crippen molar-refractivity contribution in [1.29, 1.82) is 0 Å². The molecule has 1 aliphatic rings. The predicted molar refractivity (Wildman–Crippen MR) is 38.2 cm³/mol. The number of ether oxygens (including phenoxy) is 1. The van der Waals surface area contributed by atoms with Gasteiger partial charge < -0.3 is 9.84 Å². The van der Waals surface area contributed by atoms with Crippen LogP contribution in [0.15, 0.2) is 0 Å². The second-order valence-corrected chi connectivity index (χ2v) is 2.81. The third kappa shape index (κ3) is 6.56. The van der Waals surface area contributed by atoms with Crippen LogP contribution in [-0.4, -0.2) is 36.8 Å². The Morgan fingerprint density at radius 3 is 1.27 bits per heavy atom. The average Bonchev–Trinajstić information content (AvgIpc) is 2.56. The molecule has 92 valence electrons. The van der Waals surface area contributed by atoms with E-state index in [0.717, 1.165) is 13.2 Å². The summed E-state index contributed by atoms with van der Waals surface area (Å²) in [4.78, 5) is 0. The molecule has 0 aromatic heterocycles. The van der Waals surface area contributed by atoms with Crippen LogP contribution in [0.3, 0.4) is 0 Å². The molecule has 0 atom stereocenters. The zero-order chi connectivity index (χ0) is 12.1. The van der Waals surface area contributed by atoms with E-state index in [4.69, 9.17) is 9.84 Å². The first-order valence-electron chi connectivity index (χ1n) is 4.05. The lowest BCUT2D eigenvalue weighted by molar-refractivity contribution is -0.308. The van der Waals surface area contributed by atoms with Gasteiger partial charge in [0.2, 0.25) is 6.10 Å². The summed E-state index contributed by atoms with van der Waals surface area (Å²) in [6.07, 6.45) is -12.9. The Kier molecular flexibility index (Phi) is 5.36. The van der Waals surface area contributed by atoms with Crippen molar-refractivity contribution < 1.29 is 36.2 Å². The molecule has 0 aromatic rings. The smallest absolute Gasteiger partial charge is 0.381 e. The number of halogens is 6. The topological polar surface area (TPSA) is 29.5 Å². The van der Waals surface area contributed by atoms with Crippen molar-refractivity contribution in [2.24, 2.45) is 0 Å². The molecule has 1 fully saturated rings. The summed E-state index contributed by atoms with van der Waals surface area (Å²) < 4.78 is 70.8. The SMILES string of the molecule is C1CCOC1.OC(C(F)(F)F)C(F)(F)F. The highest BCUT2D eigenvalue weighted by Crippen LogP contribution is 2.32. The molecule has 2 nitrogen and oxygen atoms in total. The van der Waals surface area contributed by atoms with Gasteiger partial charge in [0.1, 0.15) is 0 Å². The molecular weight excluding hydrogens is 230 g/mol. The molecule has 1 aliphatic heterocycles. The van der Waals surface area contributed by atoms with Crippen LogP contribution >= 0.6 is 0 Å². The monoisotopic (exact) mass is 240 g/mol. The van der Waals surface area contributed by atoms with Gasteiger partial charge in [0.25, 0.3) is 0 Å². The Hall–Kier alpha value is -0.500. The van der Waals surface area contributed by atoms with Gasteiger partial charge in [0, 0.05) is 13.2 Å². The van der Waals surface area contributed by atoms with Crippen molar-refractivity contribution in [1.82, 2.24) is 0 Å². The van der Waals surface area contributed by atoms with Gasteiger partial charge in [-0.2, -0.15) is 26.3 Å². The molecule has 0 aromatic carbocycles. The normalized spacial score (nSPS) is 17.6. The van der Waals surface area contributed by atoms with Gasteiger partial charge in [0.15, 0.2) is 0 Å². The number of hydrogen-bond donors (Lipinski definition) is 1. The Morgan fingerprint density at radius 1 is 0.867 bits per heavy atom. The van der Waals surface area contributed by atoms with E-state index in [0.29, 0.717) is 0 Å². The van der Waals surface area contributed by atoms with Crippen molar-refractivity contribution in [3.8, 4) is 0 Å². The highest BCUT2D eigenvalue weighted by molar-refractivity contribution is 4.72. The van der Waals surface area contributed by atoms with Crippen LogP contribution in [-0.2, 0) is 4.74 Å². The molecule has 0 radical (unpaired) electrons. The van der Waals surface area contributed by atoms with Crippen LogP contribution in [0.25, 0.3) is 0 Å². The molecule has 1 rings (SSSR count). The maximum absolute atomic E-state index is 11.0. The van der Waals surface area contributed by atoms with E-state index in [9.17, 15) is 26.3 Å². The van der Waals surface area contributed by atoms with E-state index in [1.165, 1.54) is 12.8 Å². The molecule has 0 aliphatic carbocycles. The molecule has 0 unspecified atom stereocenters. The van der Waals surface area contributed by atoms with E-state index < -0.39 is 18.5 Å². The molecule has 1 saturated heterocycles. The predicted octanol–water partition coefficient (Wildman–Crippen LogP) is 2.27. The fourth-order valence-electron chi connectivity index (χ4n) is 0.696. The summed E-state index contributed by atoms with van der Waals surface area (Å²) >= 11 is 0. The molecule has 0 spiro atoms.